The van der Waals surface area contributed by atoms with Crippen LogP contribution in [0.1, 0.15) is 316 Å². The van der Waals surface area contributed by atoms with Gasteiger partial charge in [0.15, 0.2) is 12.6 Å². The van der Waals surface area contributed by atoms with Crippen LogP contribution in [0.15, 0.2) is 0 Å². The third-order valence-corrected chi connectivity index (χ3v) is 20.1. The van der Waals surface area contributed by atoms with E-state index in [0.717, 1.165) is 51.9 Å². The van der Waals surface area contributed by atoms with Crippen molar-refractivity contribution in [1.29, 1.82) is 0 Å². The van der Waals surface area contributed by atoms with Crippen LogP contribution in [-0.2, 0) is 42.8 Å². The Hall–Kier alpha value is -2.27. The maximum Gasteiger partial charge on any atom is 0.364 e. The number of unbranched alkanes of at least 4 members (excludes halogenated alkanes) is 41. The maximum absolute atomic E-state index is 13.5. The number of nitrogens with one attached hydrogen (secondary N) is 2. The van der Waals surface area contributed by atoms with Crippen LogP contribution >= 0.6 is 0 Å². The first-order valence-electron chi connectivity index (χ1n) is 38.9. The molecule has 3 aliphatic heterocycles. The number of carbonyl (C=O) groups excluding carboxylic acids is 2. The van der Waals surface area contributed by atoms with E-state index in [1.54, 1.807) is 0 Å². The minimum Gasteiger partial charge on any atom is -0.477 e. The lowest BCUT2D eigenvalue weighted by Crippen LogP contribution is -2.70. The van der Waals surface area contributed by atoms with Crippen LogP contribution in [0.2, 0.25) is 0 Å². The van der Waals surface area contributed by atoms with E-state index in [1.807, 2.05) is 0 Å². The molecule has 97 heavy (non-hydrogen) atoms. The molecule has 0 aromatic rings. The lowest BCUT2D eigenvalue weighted by atomic mass is 9.88. The van der Waals surface area contributed by atoms with E-state index in [4.69, 9.17) is 28.4 Å². The van der Waals surface area contributed by atoms with Gasteiger partial charge < -0.3 is 100 Å². The summed E-state index contributed by atoms with van der Waals surface area (Å²) in [5.74, 6) is -6.09. The molecule has 0 radical (unpaired) electrons. The van der Waals surface area contributed by atoms with E-state index in [0.29, 0.717) is 19.3 Å². The first-order chi connectivity index (χ1) is 46.9. The van der Waals surface area contributed by atoms with Crippen molar-refractivity contribution in [1.82, 2.24) is 10.6 Å². The number of ether oxygens (including phenoxy) is 6. The third kappa shape index (κ3) is 35.7. The molecule has 23 heteroatoms. The average molecular weight is 1390 g/mol. The predicted octanol–water partition coefficient (Wildman–Crippen LogP) is 9.24. The average Bonchev–Trinajstić information content (AvgIpc) is 0.757. The second kappa shape index (κ2) is 54.4. The number of aliphatic hydroxyl groups excluding tert-OH is 11. The van der Waals surface area contributed by atoms with Crippen molar-refractivity contribution in [3.8, 4) is 0 Å². The molecule has 3 heterocycles. The van der Waals surface area contributed by atoms with Gasteiger partial charge in [-0.05, 0) is 12.8 Å². The van der Waals surface area contributed by atoms with Crippen molar-refractivity contribution >= 4 is 17.8 Å². The molecule has 3 fully saturated rings. The zero-order valence-electron chi connectivity index (χ0n) is 60.2. The first kappa shape index (κ1) is 88.9. The number of hydrogen-bond donors (Lipinski definition) is 14. The van der Waals surface area contributed by atoms with Gasteiger partial charge >= 0.3 is 5.97 Å². The van der Waals surface area contributed by atoms with Gasteiger partial charge in [-0.3, -0.25) is 9.59 Å². The second-order valence-electron chi connectivity index (χ2n) is 28.6. The van der Waals surface area contributed by atoms with Crippen molar-refractivity contribution in [2.45, 2.75) is 426 Å². The van der Waals surface area contributed by atoms with E-state index in [2.05, 4.69) is 24.5 Å². The fraction of sp³-hybridized carbons (Fsp3) is 0.959. The number of aliphatic hydroxyl groups is 11. The molecule has 3 aliphatic rings. The lowest BCUT2D eigenvalue weighted by Gasteiger charge is -2.50. The van der Waals surface area contributed by atoms with Gasteiger partial charge in [-0.15, -0.1) is 0 Å². The van der Waals surface area contributed by atoms with Crippen LogP contribution in [0.5, 0.6) is 0 Å². The maximum atomic E-state index is 13.5. The monoisotopic (exact) mass is 1390 g/mol. The zero-order valence-corrected chi connectivity index (χ0v) is 60.2. The fourth-order valence-electron chi connectivity index (χ4n) is 13.9. The van der Waals surface area contributed by atoms with Gasteiger partial charge in [0, 0.05) is 19.8 Å². The Balaban J connectivity index is 1.54. The third-order valence-electron chi connectivity index (χ3n) is 20.1. The Morgan fingerprint density at radius 3 is 1.29 bits per heavy atom. The summed E-state index contributed by atoms with van der Waals surface area (Å²) in [6, 6.07) is -2.53. The molecule has 0 aliphatic carbocycles. The molecule has 0 bridgehead atoms. The van der Waals surface area contributed by atoms with Crippen LogP contribution in [0.25, 0.3) is 0 Å². The van der Waals surface area contributed by atoms with Gasteiger partial charge in [0.05, 0.1) is 50.7 Å². The highest BCUT2D eigenvalue weighted by Gasteiger charge is 2.60. The molecular formula is C74H140N2O21. The van der Waals surface area contributed by atoms with Crippen molar-refractivity contribution < 1.29 is 104 Å². The van der Waals surface area contributed by atoms with Crippen LogP contribution in [0.4, 0.5) is 0 Å². The van der Waals surface area contributed by atoms with E-state index in [9.17, 15) is 75.7 Å². The Morgan fingerprint density at radius 1 is 0.495 bits per heavy atom. The highest BCUT2D eigenvalue weighted by molar-refractivity contribution is 5.77. The van der Waals surface area contributed by atoms with Gasteiger partial charge in [0.2, 0.25) is 11.8 Å². The second-order valence-corrected chi connectivity index (χ2v) is 28.6. The number of carboxylic acids is 1. The highest BCUT2D eigenvalue weighted by atomic mass is 16.8. The number of amides is 2. The smallest absolute Gasteiger partial charge is 0.364 e. The quantitative estimate of drug-likeness (QED) is 0.0252. The summed E-state index contributed by atoms with van der Waals surface area (Å²) in [7, 11) is 0. The normalized spacial score (nSPS) is 27.3. The highest BCUT2D eigenvalue weighted by Crippen LogP contribution is 2.39. The summed E-state index contributed by atoms with van der Waals surface area (Å²) in [6.07, 6.45) is 25.2. The molecule has 0 aromatic carbocycles. The number of aliphatic carboxylic acids is 1. The van der Waals surface area contributed by atoms with Crippen molar-refractivity contribution in [2.75, 3.05) is 26.4 Å². The Morgan fingerprint density at radius 2 is 0.897 bits per heavy atom. The molecule has 18 atom stereocenters. The van der Waals surface area contributed by atoms with Gasteiger partial charge in [0.1, 0.15) is 67.1 Å². The van der Waals surface area contributed by atoms with Crippen molar-refractivity contribution in [2.24, 2.45) is 0 Å². The Bertz CT molecular complexity index is 1950. The van der Waals surface area contributed by atoms with Crippen LogP contribution in [0.3, 0.4) is 0 Å². The molecular weight excluding hydrogens is 1250 g/mol. The minimum atomic E-state index is -3.08. The van der Waals surface area contributed by atoms with Crippen LogP contribution in [-0.4, -0.2) is 215 Å². The molecule has 18 unspecified atom stereocenters. The summed E-state index contributed by atoms with van der Waals surface area (Å²) >= 11 is 0. The van der Waals surface area contributed by atoms with E-state index in [-0.39, 0.29) is 18.9 Å². The molecule has 0 saturated carbocycles. The van der Waals surface area contributed by atoms with E-state index < -0.39 is 148 Å². The fourth-order valence-corrected chi connectivity index (χ4v) is 13.9. The zero-order chi connectivity index (χ0) is 71.1. The first-order valence-corrected chi connectivity index (χ1v) is 38.9. The van der Waals surface area contributed by atoms with Gasteiger partial charge in [-0.1, -0.05) is 284 Å². The summed E-state index contributed by atoms with van der Waals surface area (Å²) in [6.45, 7) is 2.26. The van der Waals surface area contributed by atoms with E-state index >= 15 is 0 Å². The van der Waals surface area contributed by atoms with Crippen LogP contribution < -0.4 is 10.6 Å². The number of carboxylic acid groups (broad SMARTS) is 1. The van der Waals surface area contributed by atoms with Gasteiger partial charge in [-0.25, -0.2) is 4.79 Å². The molecule has 2 amide bonds. The lowest BCUT2D eigenvalue weighted by molar-refractivity contribution is -0.386. The summed E-state index contributed by atoms with van der Waals surface area (Å²) in [4.78, 5) is 38.7. The van der Waals surface area contributed by atoms with Crippen molar-refractivity contribution in [3.05, 3.63) is 0 Å². The molecule has 0 spiro atoms. The van der Waals surface area contributed by atoms with Crippen molar-refractivity contribution in [3.63, 3.8) is 0 Å². The largest absolute Gasteiger partial charge is 0.477 e. The van der Waals surface area contributed by atoms with Gasteiger partial charge in [-0.2, -0.15) is 0 Å². The summed E-state index contributed by atoms with van der Waals surface area (Å²) in [5.41, 5.74) is 0. The van der Waals surface area contributed by atoms with Crippen LogP contribution in [0, 0.1) is 0 Å². The summed E-state index contributed by atoms with van der Waals surface area (Å²) < 4.78 is 35.0. The molecule has 14 N–H and O–H groups in total. The molecule has 0 aromatic heterocycles. The Kier molecular flexibility index (Phi) is 49.9. The standard InChI is InChI=1S/C74H140N2O21/c1-4-6-8-10-12-14-16-18-20-22-24-26-28-30-32-34-36-38-40-42-44-46-48-61(84)76-55(56(81)47-45-43-41-39-37-35-33-31-29-27-25-23-21-19-17-15-13-11-9-7-5-2)53-92-71-66(88)65(87)68(60(52-79)94-71)95-72-67(89)70(64(86)59(51-78)93-72)97-74(73(90)91)49-57(82)62(75-54(3)80)69(96-74)63(85)58(83)50-77/h55-60,62-72,77-79,81-83,85-89H,4-53H2,1-3H3,(H,75,80)(H,76,84)(H,90,91). The molecule has 572 valence electrons. The molecule has 3 saturated heterocycles. The number of rotatable bonds is 61. The van der Waals surface area contributed by atoms with Gasteiger partial charge in [0.25, 0.3) is 5.79 Å². The topological polar surface area (TPSA) is 373 Å². The molecule has 23 nitrogen and oxygen atoms in total. The summed E-state index contributed by atoms with van der Waals surface area (Å²) in [5, 5.41) is 136. The van der Waals surface area contributed by atoms with E-state index in [1.165, 1.54) is 218 Å². The number of hydrogen-bond acceptors (Lipinski definition) is 20. The Labute approximate surface area is 582 Å². The number of carbonyl (C=O) groups is 3. The SMILES string of the molecule is CCCCCCCCCCCCCCCCCCCCCCCCC(=O)NC(COC1OC(CO)C(OC2OC(CO)C(O)C(OC3(C(=O)O)CC(O)C(NC(C)=O)C(C(O)C(O)CO)O3)C2O)C(O)C1O)C(O)CCCCCCCCCCCCCCCCCCCCCCC. The molecule has 3 rings (SSSR count). The minimum absolute atomic E-state index is 0.230. The predicted molar refractivity (Wildman–Crippen MR) is 371 cm³/mol.